The number of azo groups is 1. The first-order chi connectivity index (χ1) is 13.2. The third-order valence-electron chi connectivity index (χ3n) is 4.01. The molecule has 0 aliphatic carbocycles. The van der Waals surface area contributed by atoms with Crippen LogP contribution in [0.25, 0.3) is 16.7 Å². The highest BCUT2D eigenvalue weighted by Crippen LogP contribution is 2.25. The molecule has 0 saturated heterocycles. The van der Waals surface area contributed by atoms with Crippen LogP contribution in [0.3, 0.4) is 0 Å². The first-order valence-corrected chi connectivity index (χ1v) is 8.29. The molecule has 2 aromatic heterocycles. The fourth-order valence-corrected chi connectivity index (χ4v) is 2.72. The van der Waals surface area contributed by atoms with Crippen LogP contribution in [-0.4, -0.2) is 26.9 Å². The second-order valence-electron chi connectivity index (χ2n) is 5.84. The van der Waals surface area contributed by atoms with Gasteiger partial charge in [-0.3, -0.25) is 0 Å². The second kappa shape index (κ2) is 7.20. The molecule has 0 radical (unpaired) electrons. The number of hydrogen-bond acceptors (Lipinski definition) is 7. The van der Waals surface area contributed by atoms with Gasteiger partial charge in [0.2, 0.25) is 0 Å². The van der Waals surface area contributed by atoms with Gasteiger partial charge < -0.3 is 10.5 Å². The van der Waals surface area contributed by atoms with Gasteiger partial charge in [-0.1, -0.05) is 18.2 Å². The van der Waals surface area contributed by atoms with Gasteiger partial charge >= 0.3 is 0 Å². The minimum absolute atomic E-state index is 0.417. The molecule has 8 nitrogen and oxygen atoms in total. The molecular formula is C19H17N7O. The normalized spacial score (nSPS) is 11.3. The van der Waals surface area contributed by atoms with Crippen molar-refractivity contribution in [3.8, 4) is 11.4 Å². The number of nitrogen functional groups attached to an aromatic ring is 1. The molecule has 2 heterocycles. The van der Waals surface area contributed by atoms with Gasteiger partial charge in [0.25, 0.3) is 0 Å². The third kappa shape index (κ3) is 3.45. The Morgan fingerprint density at radius 2 is 2.00 bits per heavy atom. The van der Waals surface area contributed by atoms with Gasteiger partial charge in [-0.15, -0.1) is 5.11 Å². The Hall–Kier alpha value is -3.81. The molecule has 0 aliphatic rings. The summed E-state index contributed by atoms with van der Waals surface area (Å²) in [5.74, 6) is 1.21. The molecule has 0 saturated carbocycles. The first-order valence-electron chi connectivity index (χ1n) is 8.29. The van der Waals surface area contributed by atoms with Crippen LogP contribution in [0.2, 0.25) is 0 Å². The summed E-state index contributed by atoms with van der Waals surface area (Å²) in [5.41, 5.74) is 8.95. The van der Waals surface area contributed by atoms with Crippen molar-refractivity contribution in [1.82, 2.24) is 19.7 Å². The number of benzene rings is 2. The fraction of sp³-hybridized carbons (Fsp3) is 0.105. The molecule has 0 unspecified atom stereocenters. The lowest BCUT2D eigenvalue weighted by Gasteiger charge is -2.05. The molecule has 0 aliphatic heterocycles. The number of ether oxygens (including phenoxy) is 1. The van der Waals surface area contributed by atoms with Crippen LogP contribution >= 0.6 is 0 Å². The summed E-state index contributed by atoms with van der Waals surface area (Å²) >= 11 is 0. The van der Waals surface area contributed by atoms with E-state index < -0.39 is 0 Å². The maximum atomic E-state index is 5.78. The zero-order valence-electron chi connectivity index (χ0n) is 14.6. The average Bonchev–Trinajstić information content (AvgIpc) is 3.13. The SMILES string of the molecule is COc1cccc(-n2ncc3c(N=NCc4cccc(N)c4)ncnc32)c1. The van der Waals surface area contributed by atoms with Crippen molar-refractivity contribution in [2.45, 2.75) is 6.54 Å². The quantitative estimate of drug-likeness (QED) is 0.432. The van der Waals surface area contributed by atoms with E-state index in [9.17, 15) is 0 Å². The summed E-state index contributed by atoms with van der Waals surface area (Å²) in [5, 5.41) is 13.6. The van der Waals surface area contributed by atoms with Gasteiger partial charge in [-0.05, 0) is 29.8 Å². The van der Waals surface area contributed by atoms with Gasteiger partial charge in [0.1, 0.15) is 12.1 Å². The van der Waals surface area contributed by atoms with Crippen LogP contribution in [0.5, 0.6) is 5.75 Å². The van der Waals surface area contributed by atoms with E-state index in [1.165, 1.54) is 6.33 Å². The van der Waals surface area contributed by atoms with E-state index >= 15 is 0 Å². The Kier molecular flexibility index (Phi) is 4.44. The molecule has 0 amide bonds. The van der Waals surface area contributed by atoms with E-state index in [4.69, 9.17) is 10.5 Å². The molecule has 0 fully saturated rings. The lowest BCUT2D eigenvalue weighted by molar-refractivity contribution is 0.414. The maximum Gasteiger partial charge on any atom is 0.188 e. The molecule has 4 rings (SSSR count). The Balaban J connectivity index is 1.65. The fourth-order valence-electron chi connectivity index (χ4n) is 2.72. The molecule has 8 heteroatoms. The largest absolute Gasteiger partial charge is 0.497 e. The molecule has 2 aromatic carbocycles. The lowest BCUT2D eigenvalue weighted by Crippen LogP contribution is -1.98. The molecule has 0 bridgehead atoms. The van der Waals surface area contributed by atoms with Crippen LogP contribution in [0.4, 0.5) is 11.5 Å². The molecule has 0 atom stereocenters. The van der Waals surface area contributed by atoms with Gasteiger partial charge in [0, 0.05) is 11.8 Å². The van der Waals surface area contributed by atoms with Gasteiger partial charge in [-0.25, -0.2) is 14.6 Å². The smallest absolute Gasteiger partial charge is 0.188 e. The number of nitrogens with two attached hydrogens (primary N) is 1. The summed E-state index contributed by atoms with van der Waals surface area (Å²) in [7, 11) is 1.63. The van der Waals surface area contributed by atoms with Crippen LogP contribution < -0.4 is 10.5 Å². The summed E-state index contributed by atoms with van der Waals surface area (Å²) in [6.07, 6.45) is 3.14. The Morgan fingerprint density at radius 1 is 1.11 bits per heavy atom. The number of methoxy groups -OCH3 is 1. The highest BCUT2D eigenvalue weighted by atomic mass is 16.5. The number of hydrogen-bond donors (Lipinski definition) is 1. The summed E-state index contributed by atoms with van der Waals surface area (Å²) in [6, 6.07) is 15.1. The van der Waals surface area contributed by atoms with Crippen LogP contribution in [0, 0.1) is 0 Å². The Labute approximate surface area is 155 Å². The van der Waals surface area contributed by atoms with Crippen molar-refractivity contribution in [1.29, 1.82) is 0 Å². The highest BCUT2D eigenvalue weighted by molar-refractivity contribution is 5.85. The summed E-state index contributed by atoms with van der Waals surface area (Å²) in [6.45, 7) is 0.417. The van der Waals surface area contributed by atoms with E-state index in [0.29, 0.717) is 23.7 Å². The van der Waals surface area contributed by atoms with Crippen LogP contribution in [0.15, 0.2) is 71.3 Å². The minimum Gasteiger partial charge on any atom is -0.497 e. The summed E-state index contributed by atoms with van der Waals surface area (Å²) in [4.78, 5) is 8.56. The molecular weight excluding hydrogens is 342 g/mol. The number of fused-ring (bicyclic) bond motifs is 1. The van der Waals surface area contributed by atoms with Crippen molar-refractivity contribution in [2.24, 2.45) is 10.2 Å². The second-order valence-corrected chi connectivity index (χ2v) is 5.84. The van der Waals surface area contributed by atoms with Crippen molar-refractivity contribution < 1.29 is 4.74 Å². The number of nitrogens with zero attached hydrogens (tertiary/aromatic N) is 6. The minimum atomic E-state index is 0.417. The molecule has 27 heavy (non-hydrogen) atoms. The Morgan fingerprint density at radius 3 is 2.85 bits per heavy atom. The van der Waals surface area contributed by atoms with Gasteiger partial charge in [0.15, 0.2) is 11.5 Å². The van der Waals surface area contributed by atoms with E-state index in [1.807, 2.05) is 48.5 Å². The van der Waals surface area contributed by atoms with Crippen molar-refractivity contribution in [3.63, 3.8) is 0 Å². The van der Waals surface area contributed by atoms with Crippen LogP contribution in [0.1, 0.15) is 5.56 Å². The number of rotatable bonds is 5. The van der Waals surface area contributed by atoms with Crippen molar-refractivity contribution in [3.05, 3.63) is 66.6 Å². The van der Waals surface area contributed by atoms with Gasteiger partial charge in [0.05, 0.1) is 30.9 Å². The molecule has 0 spiro atoms. The predicted octanol–water partition coefficient (Wildman–Crippen LogP) is 3.69. The molecule has 2 N–H and O–H groups in total. The Bertz CT molecular complexity index is 1120. The number of aromatic nitrogens is 4. The van der Waals surface area contributed by atoms with Crippen molar-refractivity contribution >= 4 is 22.5 Å². The summed E-state index contributed by atoms with van der Waals surface area (Å²) < 4.78 is 6.99. The molecule has 4 aromatic rings. The van der Waals surface area contributed by atoms with Gasteiger partial charge in [-0.2, -0.15) is 10.2 Å². The lowest BCUT2D eigenvalue weighted by atomic mass is 10.2. The number of anilines is 1. The average molecular weight is 359 g/mol. The third-order valence-corrected chi connectivity index (χ3v) is 4.01. The van der Waals surface area contributed by atoms with Crippen LogP contribution in [-0.2, 0) is 6.54 Å². The predicted molar refractivity (Wildman–Crippen MR) is 102 cm³/mol. The zero-order valence-corrected chi connectivity index (χ0v) is 14.6. The van der Waals surface area contributed by atoms with Crippen molar-refractivity contribution in [2.75, 3.05) is 12.8 Å². The zero-order chi connectivity index (χ0) is 18.6. The molecule has 134 valence electrons. The topological polar surface area (TPSA) is 104 Å². The first kappa shape index (κ1) is 16.6. The van der Waals surface area contributed by atoms with E-state index in [-0.39, 0.29) is 0 Å². The van der Waals surface area contributed by atoms with E-state index in [0.717, 1.165) is 22.4 Å². The monoisotopic (exact) mass is 359 g/mol. The standard InChI is InChI=1S/C19H17N7O/c1-27-16-7-3-6-15(9-16)26-19-17(11-24-26)18(21-12-22-19)25-23-10-13-4-2-5-14(20)8-13/h2-9,11-12H,10,20H2,1H3. The van der Waals surface area contributed by atoms with E-state index in [2.05, 4.69) is 25.3 Å². The highest BCUT2D eigenvalue weighted by Gasteiger charge is 2.11. The van der Waals surface area contributed by atoms with E-state index in [1.54, 1.807) is 18.0 Å². The maximum absolute atomic E-state index is 5.78.